The zero-order valence-corrected chi connectivity index (χ0v) is 15.4. The predicted molar refractivity (Wildman–Crippen MR) is 99.8 cm³/mol. The highest BCUT2D eigenvalue weighted by molar-refractivity contribution is 7.16. The third-order valence-corrected chi connectivity index (χ3v) is 7.62. The molecule has 4 fully saturated rings. The molecule has 0 radical (unpaired) electrons. The number of hydrogen-bond donors (Lipinski definition) is 0. The lowest BCUT2D eigenvalue weighted by molar-refractivity contribution is -0.142. The monoisotopic (exact) mass is 368 g/mol. The number of thiazole rings is 1. The molecular weight excluding hydrogens is 347 g/mol. The second-order valence-corrected chi connectivity index (χ2v) is 9.41. The van der Waals surface area contributed by atoms with E-state index in [9.17, 15) is 9.18 Å². The van der Waals surface area contributed by atoms with Crippen molar-refractivity contribution in [3.05, 3.63) is 28.8 Å². The number of hydrogen-bond acceptors (Lipinski definition) is 2. The van der Waals surface area contributed by atoms with Crippen LogP contribution in [0.5, 0.6) is 0 Å². The maximum Gasteiger partial charge on any atom is 0.254 e. The van der Waals surface area contributed by atoms with Crippen molar-refractivity contribution in [1.82, 2.24) is 4.57 Å². The molecule has 1 heterocycles. The summed E-state index contributed by atoms with van der Waals surface area (Å²) in [6, 6.07) is 4.63. The van der Waals surface area contributed by atoms with Gasteiger partial charge in [0.2, 0.25) is 0 Å². The topological polar surface area (TPSA) is 34.4 Å². The number of carbonyl (C=O) groups is 1. The van der Waals surface area contributed by atoms with Gasteiger partial charge in [-0.25, -0.2) is 4.39 Å². The molecule has 2 aromatic rings. The van der Waals surface area contributed by atoms with Crippen molar-refractivity contribution in [2.45, 2.75) is 45.1 Å². The van der Waals surface area contributed by atoms with Gasteiger partial charge in [-0.05, 0) is 74.5 Å². The number of carbonyl (C=O) groups excluding carboxylic acids is 1. The number of benzene rings is 1. The first-order valence-electron chi connectivity index (χ1n) is 9.38. The summed E-state index contributed by atoms with van der Waals surface area (Å²) in [6.45, 7) is 0.332. The summed E-state index contributed by atoms with van der Waals surface area (Å²) in [6.07, 6.45) is 12.4. The minimum Gasteiger partial charge on any atom is -0.305 e. The lowest BCUT2D eigenvalue weighted by Crippen LogP contribution is -2.49. The van der Waals surface area contributed by atoms with Crippen molar-refractivity contribution in [3.63, 3.8) is 0 Å². The van der Waals surface area contributed by atoms with E-state index in [1.807, 2.05) is 4.57 Å². The number of nitrogens with zero attached hydrogens (tertiary/aromatic N) is 2. The third-order valence-electron chi connectivity index (χ3n) is 6.58. The molecule has 6 rings (SSSR count). The van der Waals surface area contributed by atoms with Crippen molar-refractivity contribution in [1.29, 1.82) is 0 Å². The van der Waals surface area contributed by atoms with Crippen molar-refractivity contribution in [2.24, 2.45) is 28.2 Å². The van der Waals surface area contributed by atoms with Gasteiger partial charge in [-0.2, -0.15) is 4.99 Å². The Balaban J connectivity index is 1.59. The van der Waals surface area contributed by atoms with E-state index in [-0.39, 0.29) is 17.1 Å². The third kappa shape index (κ3) is 2.46. The minimum atomic E-state index is -0.287. The van der Waals surface area contributed by atoms with Crippen LogP contribution in [0.1, 0.15) is 38.5 Å². The van der Waals surface area contributed by atoms with E-state index >= 15 is 0 Å². The highest BCUT2D eigenvalue weighted by Gasteiger charge is 2.54. The largest absolute Gasteiger partial charge is 0.305 e. The molecule has 0 N–H and O–H groups in total. The fraction of sp³-hybridized carbons (Fsp3) is 0.524. The van der Waals surface area contributed by atoms with Crippen molar-refractivity contribution in [3.8, 4) is 12.3 Å². The lowest BCUT2D eigenvalue weighted by atomic mass is 9.49. The van der Waals surface area contributed by atoms with E-state index in [4.69, 9.17) is 6.42 Å². The molecule has 1 aromatic heterocycles. The SMILES string of the molecule is C#CCn1c(=NC(=O)C23CC4CC(CC(C4)C2)C3)sc2cc(F)ccc21. The van der Waals surface area contributed by atoms with E-state index < -0.39 is 0 Å². The van der Waals surface area contributed by atoms with Crippen LogP contribution in [0.2, 0.25) is 0 Å². The van der Waals surface area contributed by atoms with Crippen LogP contribution >= 0.6 is 11.3 Å². The molecule has 5 heteroatoms. The van der Waals surface area contributed by atoms with Gasteiger partial charge in [0, 0.05) is 0 Å². The number of terminal acetylenes is 1. The number of fused-ring (bicyclic) bond motifs is 1. The molecule has 4 aliphatic rings. The molecule has 0 aliphatic heterocycles. The standard InChI is InChI=1S/C21H21FN2OS/c1-2-5-24-17-4-3-16(22)9-18(17)26-20(24)23-19(25)21-10-13-6-14(11-21)8-15(7-13)12-21/h1,3-4,9,13-15H,5-8,10-12H2. The Morgan fingerprint density at radius 2 is 1.92 bits per heavy atom. The average molecular weight is 368 g/mol. The van der Waals surface area contributed by atoms with E-state index in [0.29, 0.717) is 29.1 Å². The van der Waals surface area contributed by atoms with Crippen LogP contribution in [0.15, 0.2) is 23.2 Å². The van der Waals surface area contributed by atoms with Crippen molar-refractivity contribution < 1.29 is 9.18 Å². The second-order valence-electron chi connectivity index (χ2n) is 8.40. The van der Waals surface area contributed by atoms with Gasteiger partial charge in [0.25, 0.3) is 5.91 Å². The Morgan fingerprint density at radius 1 is 1.27 bits per heavy atom. The number of rotatable bonds is 2. The number of aromatic nitrogens is 1. The van der Waals surface area contributed by atoms with Crippen LogP contribution in [-0.4, -0.2) is 10.5 Å². The van der Waals surface area contributed by atoms with Crippen LogP contribution in [0.3, 0.4) is 0 Å². The van der Waals surface area contributed by atoms with Gasteiger partial charge in [0.15, 0.2) is 4.80 Å². The van der Waals surface area contributed by atoms with Crippen molar-refractivity contribution >= 4 is 27.5 Å². The summed E-state index contributed by atoms with van der Waals surface area (Å²) in [5.41, 5.74) is 0.579. The van der Waals surface area contributed by atoms with Crippen LogP contribution in [0, 0.1) is 41.3 Å². The summed E-state index contributed by atoms with van der Waals surface area (Å²) < 4.78 is 16.2. The highest BCUT2D eigenvalue weighted by atomic mass is 32.1. The first-order chi connectivity index (χ1) is 12.6. The second kappa shape index (κ2) is 5.79. The summed E-state index contributed by atoms with van der Waals surface area (Å²) in [7, 11) is 0. The average Bonchev–Trinajstić information content (AvgIpc) is 2.90. The van der Waals surface area contributed by atoms with Crippen LogP contribution in [0.4, 0.5) is 4.39 Å². The molecule has 4 saturated carbocycles. The molecule has 0 saturated heterocycles. The van der Waals surface area contributed by atoms with E-state index in [0.717, 1.165) is 29.5 Å². The molecular formula is C21H21FN2OS. The van der Waals surface area contributed by atoms with Crippen LogP contribution < -0.4 is 4.80 Å². The van der Waals surface area contributed by atoms with E-state index in [1.165, 1.54) is 42.7 Å². The van der Waals surface area contributed by atoms with Crippen LogP contribution in [0.25, 0.3) is 10.2 Å². The molecule has 0 unspecified atom stereocenters. The smallest absolute Gasteiger partial charge is 0.254 e. The highest BCUT2D eigenvalue weighted by Crippen LogP contribution is 2.60. The van der Waals surface area contributed by atoms with Gasteiger partial charge in [0.1, 0.15) is 5.82 Å². The van der Waals surface area contributed by atoms with Gasteiger partial charge in [0.05, 0.1) is 22.2 Å². The Kier molecular flexibility index (Phi) is 3.62. The van der Waals surface area contributed by atoms with Gasteiger partial charge in [-0.1, -0.05) is 17.3 Å². The Labute approximate surface area is 155 Å². The molecule has 0 spiro atoms. The molecule has 3 nitrogen and oxygen atoms in total. The van der Waals surface area contributed by atoms with Gasteiger partial charge >= 0.3 is 0 Å². The van der Waals surface area contributed by atoms with E-state index in [1.54, 1.807) is 6.07 Å². The molecule has 26 heavy (non-hydrogen) atoms. The number of amides is 1. The first-order valence-corrected chi connectivity index (χ1v) is 10.2. The maximum absolute atomic E-state index is 13.6. The normalized spacial score (nSPS) is 32.9. The fourth-order valence-electron chi connectivity index (χ4n) is 5.95. The molecule has 134 valence electrons. The Hall–Kier alpha value is -1.93. The quantitative estimate of drug-likeness (QED) is 0.734. The summed E-state index contributed by atoms with van der Waals surface area (Å²) in [4.78, 5) is 18.4. The number of halogens is 1. The first kappa shape index (κ1) is 16.3. The zero-order chi connectivity index (χ0) is 17.9. The van der Waals surface area contributed by atoms with Gasteiger partial charge < -0.3 is 4.57 Å². The van der Waals surface area contributed by atoms with Crippen LogP contribution in [-0.2, 0) is 11.3 Å². The summed E-state index contributed by atoms with van der Waals surface area (Å²) >= 11 is 1.35. The van der Waals surface area contributed by atoms with Gasteiger partial charge in [-0.3, -0.25) is 4.79 Å². The summed E-state index contributed by atoms with van der Waals surface area (Å²) in [5.74, 6) is 4.48. The Bertz CT molecular complexity index is 974. The molecule has 1 amide bonds. The Morgan fingerprint density at radius 3 is 2.54 bits per heavy atom. The zero-order valence-electron chi connectivity index (χ0n) is 14.6. The van der Waals surface area contributed by atoms with Gasteiger partial charge in [-0.15, -0.1) is 6.42 Å². The minimum absolute atomic E-state index is 0.0226. The molecule has 4 bridgehead atoms. The molecule has 1 aromatic carbocycles. The molecule has 4 aliphatic carbocycles. The maximum atomic E-state index is 13.6. The fourth-order valence-corrected chi connectivity index (χ4v) is 7.01. The van der Waals surface area contributed by atoms with Crippen molar-refractivity contribution in [2.75, 3.05) is 0 Å². The van der Waals surface area contributed by atoms with E-state index in [2.05, 4.69) is 10.9 Å². The summed E-state index contributed by atoms with van der Waals surface area (Å²) in [5, 5.41) is 0. The lowest BCUT2D eigenvalue weighted by Gasteiger charge is -2.55. The predicted octanol–water partition coefficient (Wildman–Crippen LogP) is 4.12. The molecule has 0 atom stereocenters.